The minimum Gasteiger partial charge on any atom is -0.387 e. The van der Waals surface area contributed by atoms with Gasteiger partial charge in [-0.05, 0) is 24.6 Å². The molecule has 0 amide bonds. The standard InChI is InChI=1S/C12H17ClN2/c1-8(2)12(14)15-9(3)10-5-4-6-11(13)7-10/h4-9H,1-3H3,(H2,14,15). The van der Waals surface area contributed by atoms with E-state index in [2.05, 4.69) is 4.99 Å². The van der Waals surface area contributed by atoms with Crippen LogP contribution in [0.1, 0.15) is 32.4 Å². The van der Waals surface area contributed by atoms with Gasteiger partial charge in [0.2, 0.25) is 0 Å². The molecule has 0 saturated carbocycles. The van der Waals surface area contributed by atoms with Crippen molar-refractivity contribution < 1.29 is 0 Å². The zero-order valence-corrected chi connectivity index (χ0v) is 10.1. The first-order valence-electron chi connectivity index (χ1n) is 5.09. The Morgan fingerprint density at radius 1 is 1.33 bits per heavy atom. The summed E-state index contributed by atoms with van der Waals surface area (Å²) in [4.78, 5) is 4.42. The highest BCUT2D eigenvalue weighted by atomic mass is 35.5. The third kappa shape index (κ3) is 3.56. The Labute approximate surface area is 96.2 Å². The van der Waals surface area contributed by atoms with Gasteiger partial charge >= 0.3 is 0 Å². The molecule has 82 valence electrons. The van der Waals surface area contributed by atoms with Gasteiger partial charge in [0, 0.05) is 10.9 Å². The van der Waals surface area contributed by atoms with E-state index in [0.717, 1.165) is 10.6 Å². The molecule has 2 N–H and O–H groups in total. The average Bonchev–Trinajstić information content (AvgIpc) is 2.17. The van der Waals surface area contributed by atoms with Crippen LogP contribution in [0, 0.1) is 5.92 Å². The van der Waals surface area contributed by atoms with E-state index in [1.165, 1.54) is 0 Å². The summed E-state index contributed by atoms with van der Waals surface area (Å²) in [5.41, 5.74) is 6.90. The van der Waals surface area contributed by atoms with Crippen LogP contribution in [0.15, 0.2) is 29.3 Å². The highest BCUT2D eigenvalue weighted by Crippen LogP contribution is 2.20. The number of rotatable bonds is 3. The molecule has 0 aliphatic carbocycles. The average molecular weight is 225 g/mol. The van der Waals surface area contributed by atoms with E-state index in [4.69, 9.17) is 17.3 Å². The fraction of sp³-hybridized carbons (Fsp3) is 0.417. The molecular weight excluding hydrogens is 208 g/mol. The first kappa shape index (κ1) is 12.1. The molecule has 0 aromatic heterocycles. The summed E-state index contributed by atoms with van der Waals surface area (Å²) in [5.74, 6) is 0.967. The molecule has 1 unspecified atom stereocenters. The van der Waals surface area contributed by atoms with Crippen molar-refractivity contribution in [2.75, 3.05) is 0 Å². The maximum Gasteiger partial charge on any atom is 0.0970 e. The van der Waals surface area contributed by atoms with Crippen LogP contribution in [-0.2, 0) is 0 Å². The van der Waals surface area contributed by atoms with E-state index in [9.17, 15) is 0 Å². The predicted molar refractivity (Wildman–Crippen MR) is 66.3 cm³/mol. The SMILES string of the molecule is CC(C)C(N)=NC(C)c1cccc(Cl)c1. The topological polar surface area (TPSA) is 38.4 Å². The molecule has 0 fully saturated rings. The van der Waals surface area contributed by atoms with E-state index in [-0.39, 0.29) is 12.0 Å². The molecule has 3 heteroatoms. The Kier molecular flexibility index (Phi) is 4.15. The smallest absolute Gasteiger partial charge is 0.0970 e. The van der Waals surface area contributed by atoms with Crippen molar-refractivity contribution in [3.05, 3.63) is 34.9 Å². The second-order valence-corrected chi connectivity index (χ2v) is 4.38. The van der Waals surface area contributed by atoms with Gasteiger partial charge in [0.15, 0.2) is 0 Å². The molecule has 0 aliphatic heterocycles. The molecule has 2 nitrogen and oxygen atoms in total. The number of hydrogen-bond acceptors (Lipinski definition) is 1. The molecular formula is C12H17ClN2. The normalized spacial score (nSPS) is 14.3. The van der Waals surface area contributed by atoms with Gasteiger partial charge in [0.1, 0.15) is 0 Å². The fourth-order valence-corrected chi connectivity index (χ4v) is 1.41. The summed E-state index contributed by atoms with van der Waals surface area (Å²) in [6.45, 7) is 6.08. The van der Waals surface area contributed by atoms with Crippen LogP contribution >= 0.6 is 11.6 Å². The summed E-state index contributed by atoms with van der Waals surface area (Å²) in [7, 11) is 0. The molecule has 1 aromatic carbocycles. The minimum atomic E-state index is 0.0612. The fourth-order valence-electron chi connectivity index (χ4n) is 1.21. The van der Waals surface area contributed by atoms with Crippen LogP contribution in [0.2, 0.25) is 5.02 Å². The van der Waals surface area contributed by atoms with Gasteiger partial charge in [-0.1, -0.05) is 37.6 Å². The van der Waals surface area contributed by atoms with E-state index >= 15 is 0 Å². The highest BCUT2D eigenvalue weighted by molar-refractivity contribution is 6.30. The van der Waals surface area contributed by atoms with Crippen LogP contribution in [0.3, 0.4) is 0 Å². The van der Waals surface area contributed by atoms with E-state index in [1.54, 1.807) is 0 Å². The van der Waals surface area contributed by atoms with Crippen molar-refractivity contribution in [3.8, 4) is 0 Å². The van der Waals surface area contributed by atoms with Gasteiger partial charge < -0.3 is 5.73 Å². The number of halogens is 1. The Morgan fingerprint density at radius 2 is 2.00 bits per heavy atom. The first-order valence-corrected chi connectivity index (χ1v) is 5.47. The van der Waals surface area contributed by atoms with Crippen LogP contribution < -0.4 is 5.73 Å². The molecule has 0 radical (unpaired) electrons. The number of nitrogens with zero attached hydrogens (tertiary/aromatic N) is 1. The van der Waals surface area contributed by atoms with Crippen molar-refractivity contribution in [1.29, 1.82) is 0 Å². The van der Waals surface area contributed by atoms with Gasteiger partial charge in [-0.2, -0.15) is 0 Å². The van der Waals surface area contributed by atoms with Gasteiger partial charge in [0.05, 0.1) is 11.9 Å². The molecule has 1 rings (SSSR count). The van der Waals surface area contributed by atoms with E-state index in [0.29, 0.717) is 5.84 Å². The minimum absolute atomic E-state index is 0.0612. The van der Waals surface area contributed by atoms with Crippen LogP contribution in [0.5, 0.6) is 0 Å². The largest absolute Gasteiger partial charge is 0.387 e. The molecule has 1 aromatic rings. The van der Waals surface area contributed by atoms with E-state index < -0.39 is 0 Å². The third-order valence-electron chi connectivity index (χ3n) is 2.27. The second-order valence-electron chi connectivity index (χ2n) is 3.94. The van der Waals surface area contributed by atoms with Gasteiger partial charge in [-0.3, -0.25) is 4.99 Å². The maximum absolute atomic E-state index is 5.91. The summed E-state index contributed by atoms with van der Waals surface area (Å²) in [6.07, 6.45) is 0. The van der Waals surface area contributed by atoms with Gasteiger partial charge in [-0.15, -0.1) is 0 Å². The molecule has 0 spiro atoms. The van der Waals surface area contributed by atoms with Crippen molar-refractivity contribution in [3.63, 3.8) is 0 Å². The number of benzene rings is 1. The number of hydrogen-bond donors (Lipinski definition) is 1. The zero-order valence-electron chi connectivity index (χ0n) is 9.37. The molecule has 0 saturated heterocycles. The van der Waals surface area contributed by atoms with Crippen molar-refractivity contribution in [2.45, 2.75) is 26.8 Å². The van der Waals surface area contributed by atoms with E-state index in [1.807, 2.05) is 45.0 Å². The summed E-state index contributed by atoms with van der Waals surface area (Å²) >= 11 is 5.91. The summed E-state index contributed by atoms with van der Waals surface area (Å²) in [5, 5.41) is 0.734. The third-order valence-corrected chi connectivity index (χ3v) is 2.50. The van der Waals surface area contributed by atoms with Crippen molar-refractivity contribution in [1.82, 2.24) is 0 Å². The summed E-state index contributed by atoms with van der Waals surface area (Å²) < 4.78 is 0. The molecule has 15 heavy (non-hydrogen) atoms. The lowest BCUT2D eigenvalue weighted by molar-refractivity contribution is 0.780. The maximum atomic E-state index is 5.91. The Bertz CT molecular complexity index is 358. The van der Waals surface area contributed by atoms with Gasteiger partial charge in [-0.25, -0.2) is 0 Å². The number of aliphatic imine (C=N–C) groups is 1. The van der Waals surface area contributed by atoms with Crippen molar-refractivity contribution in [2.24, 2.45) is 16.6 Å². The first-order chi connectivity index (χ1) is 7.00. The van der Waals surface area contributed by atoms with Crippen LogP contribution in [0.4, 0.5) is 0 Å². The monoisotopic (exact) mass is 224 g/mol. The Hall–Kier alpha value is -1.02. The Morgan fingerprint density at radius 3 is 2.53 bits per heavy atom. The number of amidine groups is 1. The lowest BCUT2D eigenvalue weighted by atomic mass is 10.1. The van der Waals surface area contributed by atoms with Crippen LogP contribution in [-0.4, -0.2) is 5.84 Å². The predicted octanol–water partition coefficient (Wildman–Crippen LogP) is 3.41. The molecule has 0 heterocycles. The number of nitrogens with two attached hydrogens (primary N) is 1. The molecule has 0 bridgehead atoms. The lowest BCUT2D eigenvalue weighted by Gasteiger charge is -2.10. The van der Waals surface area contributed by atoms with Crippen LogP contribution in [0.25, 0.3) is 0 Å². The zero-order chi connectivity index (χ0) is 11.4. The Balaban J connectivity index is 2.86. The molecule has 0 aliphatic rings. The van der Waals surface area contributed by atoms with Gasteiger partial charge in [0.25, 0.3) is 0 Å². The lowest BCUT2D eigenvalue weighted by Crippen LogP contribution is -2.19. The highest BCUT2D eigenvalue weighted by Gasteiger charge is 2.06. The second kappa shape index (κ2) is 5.17. The van der Waals surface area contributed by atoms with Crippen molar-refractivity contribution >= 4 is 17.4 Å². The summed E-state index contributed by atoms with van der Waals surface area (Å²) in [6, 6.07) is 7.77. The quantitative estimate of drug-likeness (QED) is 0.620. The molecule has 1 atom stereocenters.